The molecule has 0 spiro atoms. The zero-order valence-corrected chi connectivity index (χ0v) is 6.89. The van der Waals surface area contributed by atoms with E-state index in [0.29, 0.717) is 5.56 Å². The fourth-order valence-corrected chi connectivity index (χ4v) is 1.01. The molecule has 0 aliphatic carbocycles. The number of aromatic hydroxyl groups is 1. The van der Waals surface area contributed by atoms with Crippen molar-refractivity contribution in [3.8, 4) is 5.75 Å². The summed E-state index contributed by atoms with van der Waals surface area (Å²) in [5.74, 6) is -1.69. The molecule has 1 aromatic rings. The van der Waals surface area contributed by atoms with Crippen molar-refractivity contribution in [2.75, 3.05) is 0 Å². The molecule has 0 aromatic heterocycles. The molecule has 0 saturated carbocycles. The summed E-state index contributed by atoms with van der Waals surface area (Å²) in [6, 6.07) is 2.69. The predicted octanol–water partition coefficient (Wildman–Crippen LogP) is 2.04. The summed E-state index contributed by atoms with van der Waals surface area (Å²) in [6.45, 7) is 2.95. The Hall–Kier alpha value is -1.38. The fraction of sp³-hybridized carbons (Fsp3) is 0.222. The summed E-state index contributed by atoms with van der Waals surface area (Å²) < 4.78 is 13.0. The second-order valence-electron chi connectivity index (χ2n) is 2.70. The van der Waals surface area contributed by atoms with Crippen LogP contribution in [-0.4, -0.2) is 10.9 Å². The Morgan fingerprint density at radius 2 is 2.08 bits per heavy atom. The first kappa shape index (κ1) is 8.71. The van der Waals surface area contributed by atoms with Crippen molar-refractivity contribution in [3.05, 3.63) is 29.1 Å². The summed E-state index contributed by atoms with van der Waals surface area (Å²) in [6.07, 6.45) is 0. The minimum Gasteiger partial charge on any atom is -0.505 e. The van der Waals surface area contributed by atoms with Crippen molar-refractivity contribution in [3.63, 3.8) is 0 Å². The van der Waals surface area contributed by atoms with E-state index < -0.39 is 11.6 Å². The van der Waals surface area contributed by atoms with Crippen LogP contribution in [0.2, 0.25) is 0 Å². The van der Waals surface area contributed by atoms with E-state index in [1.165, 1.54) is 19.1 Å². The van der Waals surface area contributed by atoms with E-state index in [2.05, 4.69) is 0 Å². The van der Waals surface area contributed by atoms with Crippen molar-refractivity contribution in [2.45, 2.75) is 13.8 Å². The van der Waals surface area contributed by atoms with Gasteiger partial charge in [-0.25, -0.2) is 4.39 Å². The topological polar surface area (TPSA) is 37.3 Å². The Labute approximate surface area is 69.6 Å². The molecule has 0 aliphatic rings. The minimum atomic E-state index is -0.840. The van der Waals surface area contributed by atoms with Gasteiger partial charge < -0.3 is 5.11 Å². The Morgan fingerprint density at radius 3 is 2.58 bits per heavy atom. The lowest BCUT2D eigenvalue weighted by Crippen LogP contribution is -1.97. The van der Waals surface area contributed by atoms with Crippen molar-refractivity contribution in [1.29, 1.82) is 0 Å². The molecule has 0 unspecified atom stereocenters. The summed E-state index contributed by atoms with van der Waals surface area (Å²) in [5.41, 5.74) is 0.603. The molecular weight excluding hydrogens is 159 g/mol. The first-order chi connectivity index (χ1) is 5.52. The van der Waals surface area contributed by atoms with Crippen LogP contribution in [0, 0.1) is 12.7 Å². The van der Waals surface area contributed by atoms with Gasteiger partial charge >= 0.3 is 0 Å². The van der Waals surface area contributed by atoms with Crippen LogP contribution in [0.25, 0.3) is 0 Å². The van der Waals surface area contributed by atoms with Crippen LogP contribution in [0.5, 0.6) is 5.75 Å². The van der Waals surface area contributed by atoms with Gasteiger partial charge in [0.25, 0.3) is 0 Å². The second-order valence-corrected chi connectivity index (χ2v) is 2.70. The van der Waals surface area contributed by atoms with E-state index in [-0.39, 0.29) is 11.3 Å². The molecule has 64 valence electrons. The maximum atomic E-state index is 13.0. The zero-order chi connectivity index (χ0) is 9.30. The SMILES string of the molecule is CC(=O)c1cc(C)cc(O)c1F. The number of Topliss-reactive ketones (excluding diaryl/α,β-unsaturated/α-hetero) is 1. The van der Waals surface area contributed by atoms with E-state index >= 15 is 0 Å². The van der Waals surface area contributed by atoms with E-state index in [9.17, 15) is 9.18 Å². The largest absolute Gasteiger partial charge is 0.505 e. The van der Waals surface area contributed by atoms with E-state index in [1.54, 1.807) is 6.92 Å². The normalized spacial score (nSPS) is 9.92. The first-order valence-corrected chi connectivity index (χ1v) is 3.52. The van der Waals surface area contributed by atoms with E-state index in [0.717, 1.165) is 0 Å². The maximum Gasteiger partial charge on any atom is 0.175 e. The quantitative estimate of drug-likeness (QED) is 0.651. The molecule has 2 nitrogen and oxygen atoms in total. The molecule has 0 heterocycles. The standard InChI is InChI=1S/C9H9FO2/c1-5-3-7(6(2)11)9(10)8(12)4-5/h3-4,12H,1-2H3. The summed E-state index contributed by atoms with van der Waals surface area (Å²) in [5, 5.41) is 9.00. The molecular formula is C9H9FO2. The predicted molar refractivity (Wildman–Crippen MR) is 42.8 cm³/mol. The Bertz CT molecular complexity index is 332. The highest BCUT2D eigenvalue weighted by Crippen LogP contribution is 2.21. The Balaban J connectivity index is 3.37. The summed E-state index contributed by atoms with van der Waals surface area (Å²) >= 11 is 0. The van der Waals surface area contributed by atoms with Gasteiger partial charge in [-0.15, -0.1) is 0 Å². The number of hydrogen-bond acceptors (Lipinski definition) is 2. The molecule has 3 heteroatoms. The summed E-state index contributed by atoms with van der Waals surface area (Å²) in [4.78, 5) is 10.8. The molecule has 0 saturated heterocycles. The van der Waals surface area contributed by atoms with Gasteiger partial charge in [-0.05, 0) is 31.5 Å². The average molecular weight is 168 g/mol. The van der Waals surface area contributed by atoms with Crippen molar-refractivity contribution < 1.29 is 14.3 Å². The number of phenolic OH excluding ortho intramolecular Hbond substituents is 1. The van der Waals surface area contributed by atoms with Crippen LogP contribution < -0.4 is 0 Å². The number of ketones is 1. The number of aryl methyl sites for hydroxylation is 1. The van der Waals surface area contributed by atoms with Gasteiger partial charge in [0.05, 0.1) is 5.56 Å². The Morgan fingerprint density at radius 1 is 1.50 bits per heavy atom. The molecule has 12 heavy (non-hydrogen) atoms. The molecule has 1 aromatic carbocycles. The summed E-state index contributed by atoms with van der Waals surface area (Å²) in [7, 11) is 0. The number of carbonyl (C=O) groups is 1. The zero-order valence-electron chi connectivity index (χ0n) is 6.89. The van der Waals surface area contributed by atoms with Gasteiger partial charge in [0.15, 0.2) is 17.3 Å². The third-order valence-electron chi connectivity index (χ3n) is 1.58. The number of benzene rings is 1. The van der Waals surface area contributed by atoms with Gasteiger partial charge in [-0.2, -0.15) is 0 Å². The van der Waals surface area contributed by atoms with Crippen molar-refractivity contribution in [1.82, 2.24) is 0 Å². The van der Waals surface area contributed by atoms with Crippen LogP contribution >= 0.6 is 0 Å². The van der Waals surface area contributed by atoms with Gasteiger partial charge in [0.2, 0.25) is 0 Å². The molecule has 0 atom stereocenters. The number of rotatable bonds is 1. The van der Waals surface area contributed by atoms with Gasteiger partial charge in [-0.3, -0.25) is 4.79 Å². The second kappa shape index (κ2) is 2.93. The van der Waals surface area contributed by atoms with Crippen molar-refractivity contribution in [2.24, 2.45) is 0 Å². The van der Waals surface area contributed by atoms with Crippen LogP contribution in [0.15, 0.2) is 12.1 Å². The molecule has 0 radical (unpaired) electrons. The fourth-order valence-electron chi connectivity index (χ4n) is 1.01. The monoisotopic (exact) mass is 168 g/mol. The average Bonchev–Trinajstić information content (AvgIpc) is 1.96. The minimum absolute atomic E-state index is 0.0625. The van der Waals surface area contributed by atoms with Gasteiger partial charge in [-0.1, -0.05) is 0 Å². The number of phenols is 1. The highest BCUT2D eigenvalue weighted by atomic mass is 19.1. The highest BCUT2D eigenvalue weighted by molar-refractivity contribution is 5.94. The molecule has 0 fully saturated rings. The van der Waals surface area contributed by atoms with Crippen molar-refractivity contribution >= 4 is 5.78 Å². The van der Waals surface area contributed by atoms with Crippen LogP contribution in [0.4, 0.5) is 4.39 Å². The molecule has 0 amide bonds. The third kappa shape index (κ3) is 1.44. The van der Waals surface area contributed by atoms with Crippen LogP contribution in [-0.2, 0) is 0 Å². The molecule has 1 rings (SSSR count). The third-order valence-corrected chi connectivity index (χ3v) is 1.58. The molecule has 1 N–H and O–H groups in total. The van der Waals surface area contributed by atoms with E-state index in [4.69, 9.17) is 5.11 Å². The molecule has 0 aliphatic heterocycles. The van der Waals surface area contributed by atoms with Crippen LogP contribution in [0.3, 0.4) is 0 Å². The van der Waals surface area contributed by atoms with Crippen LogP contribution in [0.1, 0.15) is 22.8 Å². The smallest absolute Gasteiger partial charge is 0.175 e. The van der Waals surface area contributed by atoms with Gasteiger partial charge in [0, 0.05) is 0 Å². The Kier molecular flexibility index (Phi) is 2.13. The molecule has 0 bridgehead atoms. The highest BCUT2D eigenvalue weighted by Gasteiger charge is 2.11. The van der Waals surface area contributed by atoms with E-state index in [1.807, 2.05) is 0 Å². The lowest BCUT2D eigenvalue weighted by molar-refractivity contribution is 0.101. The first-order valence-electron chi connectivity index (χ1n) is 3.52. The lowest BCUT2D eigenvalue weighted by Gasteiger charge is -2.02. The number of carbonyl (C=O) groups excluding carboxylic acids is 1. The maximum absolute atomic E-state index is 13.0. The number of halogens is 1. The lowest BCUT2D eigenvalue weighted by atomic mass is 10.1. The van der Waals surface area contributed by atoms with Gasteiger partial charge in [0.1, 0.15) is 0 Å². The number of hydrogen-bond donors (Lipinski definition) is 1.